The predicted octanol–water partition coefficient (Wildman–Crippen LogP) is 3.17. The summed E-state index contributed by atoms with van der Waals surface area (Å²) in [5.41, 5.74) is 7.45. The molecule has 0 fully saturated rings. The number of nitrogens with two attached hydrogens (primary N) is 1. The number of ketones is 1. The van der Waals surface area contributed by atoms with Gasteiger partial charge in [0.05, 0.1) is 46.3 Å². The number of para-hydroxylation sites is 2. The van der Waals surface area contributed by atoms with Crippen molar-refractivity contribution in [3.8, 4) is 11.3 Å². The van der Waals surface area contributed by atoms with Crippen LogP contribution in [0.25, 0.3) is 22.3 Å². The van der Waals surface area contributed by atoms with Gasteiger partial charge >= 0.3 is 0 Å². The molecule has 5 aromatic rings. The van der Waals surface area contributed by atoms with E-state index in [9.17, 15) is 14.4 Å². The molecular weight excluding hydrogens is 536 g/mol. The molecule has 3 heterocycles. The van der Waals surface area contributed by atoms with Crippen LogP contribution in [0.3, 0.4) is 0 Å². The van der Waals surface area contributed by atoms with Gasteiger partial charge in [-0.2, -0.15) is 0 Å². The standard InChI is InChI=1S/C30H30N8O4/c1-17(2)24(35-23(39)16-38-21(14-33-26(31)28(38)41)18-10-6-5-7-11-18)25(40)27-36-37-29(42-27)30(3,4)22-15-32-19-12-8-9-13-20(19)34-22/h5-15,17,24H,16H2,1-4H3,(H2,31,33)(H,35,39)/t24-/m1/s1. The lowest BCUT2D eigenvalue weighted by Gasteiger charge is -2.21. The molecule has 1 atom stereocenters. The Morgan fingerprint density at radius 1 is 0.976 bits per heavy atom. The highest BCUT2D eigenvalue weighted by molar-refractivity contribution is 5.98. The van der Waals surface area contributed by atoms with Crippen LogP contribution in [0.5, 0.6) is 0 Å². The minimum atomic E-state index is -0.996. The van der Waals surface area contributed by atoms with E-state index < -0.39 is 28.7 Å². The summed E-state index contributed by atoms with van der Waals surface area (Å²) in [6.45, 7) is 6.87. The first kappa shape index (κ1) is 28.3. The minimum Gasteiger partial charge on any atom is -0.417 e. The van der Waals surface area contributed by atoms with E-state index in [1.807, 2.05) is 44.2 Å². The fourth-order valence-corrected chi connectivity index (χ4v) is 4.47. The highest BCUT2D eigenvalue weighted by Gasteiger charge is 2.35. The van der Waals surface area contributed by atoms with Crippen molar-refractivity contribution in [1.29, 1.82) is 0 Å². The van der Waals surface area contributed by atoms with Gasteiger partial charge in [0, 0.05) is 0 Å². The second kappa shape index (κ2) is 11.3. The van der Waals surface area contributed by atoms with Crippen molar-refractivity contribution >= 4 is 28.5 Å². The molecule has 214 valence electrons. The number of aromatic nitrogens is 6. The number of Topliss-reactive ketones (excluding diaryl/α,β-unsaturated/α-hetero) is 1. The third kappa shape index (κ3) is 5.51. The van der Waals surface area contributed by atoms with Gasteiger partial charge < -0.3 is 15.5 Å². The van der Waals surface area contributed by atoms with Crippen molar-refractivity contribution in [2.75, 3.05) is 5.73 Å². The van der Waals surface area contributed by atoms with Gasteiger partial charge in [-0.3, -0.25) is 23.9 Å². The van der Waals surface area contributed by atoms with Crippen molar-refractivity contribution in [3.63, 3.8) is 0 Å². The third-order valence-electron chi connectivity index (χ3n) is 6.98. The predicted molar refractivity (Wildman–Crippen MR) is 155 cm³/mol. The molecule has 42 heavy (non-hydrogen) atoms. The second-order valence-electron chi connectivity index (χ2n) is 10.7. The Labute approximate surface area is 241 Å². The third-order valence-corrected chi connectivity index (χ3v) is 6.98. The van der Waals surface area contributed by atoms with Gasteiger partial charge in [-0.15, -0.1) is 10.2 Å². The van der Waals surface area contributed by atoms with Crippen molar-refractivity contribution in [2.45, 2.75) is 45.7 Å². The van der Waals surface area contributed by atoms with Crippen LogP contribution in [0.2, 0.25) is 0 Å². The lowest BCUT2D eigenvalue weighted by molar-refractivity contribution is -0.122. The fraction of sp³-hybridized carbons (Fsp3) is 0.267. The molecule has 0 saturated carbocycles. The van der Waals surface area contributed by atoms with Gasteiger partial charge in [-0.05, 0) is 37.5 Å². The zero-order chi connectivity index (χ0) is 30.0. The summed E-state index contributed by atoms with van der Waals surface area (Å²) >= 11 is 0. The maximum atomic E-state index is 13.5. The van der Waals surface area contributed by atoms with Crippen LogP contribution >= 0.6 is 0 Å². The number of amides is 1. The van der Waals surface area contributed by atoms with E-state index in [-0.39, 0.29) is 30.1 Å². The largest absolute Gasteiger partial charge is 0.417 e. The number of carbonyl (C=O) groups excluding carboxylic acids is 2. The van der Waals surface area contributed by atoms with Crippen LogP contribution in [0.1, 0.15) is 50.0 Å². The highest BCUT2D eigenvalue weighted by Crippen LogP contribution is 2.30. The Bertz CT molecular complexity index is 1830. The Morgan fingerprint density at radius 2 is 1.67 bits per heavy atom. The normalized spacial score (nSPS) is 12.4. The van der Waals surface area contributed by atoms with Crippen LogP contribution < -0.4 is 16.6 Å². The Kier molecular flexibility index (Phi) is 7.62. The van der Waals surface area contributed by atoms with Gasteiger partial charge in [-0.25, -0.2) is 9.97 Å². The number of benzene rings is 2. The first-order chi connectivity index (χ1) is 20.1. The number of nitrogens with zero attached hydrogens (tertiary/aromatic N) is 6. The lowest BCUT2D eigenvalue weighted by Crippen LogP contribution is -2.46. The average molecular weight is 567 g/mol. The molecular formula is C30H30N8O4. The van der Waals surface area contributed by atoms with Gasteiger partial charge in [0.2, 0.25) is 17.6 Å². The molecule has 3 aromatic heterocycles. The molecule has 0 bridgehead atoms. The number of hydrogen-bond acceptors (Lipinski definition) is 10. The van der Waals surface area contributed by atoms with Gasteiger partial charge in [0.25, 0.3) is 11.4 Å². The van der Waals surface area contributed by atoms with Crippen molar-refractivity contribution in [1.82, 2.24) is 35.0 Å². The number of nitrogens with one attached hydrogen (secondary N) is 1. The topological polar surface area (TPSA) is 172 Å². The number of hydrogen-bond donors (Lipinski definition) is 2. The summed E-state index contributed by atoms with van der Waals surface area (Å²) in [6.07, 6.45) is 3.08. The smallest absolute Gasteiger partial charge is 0.294 e. The molecule has 0 spiro atoms. The van der Waals surface area contributed by atoms with E-state index in [1.54, 1.807) is 44.3 Å². The number of rotatable bonds is 9. The molecule has 1 amide bonds. The zero-order valence-electron chi connectivity index (χ0n) is 23.6. The van der Waals surface area contributed by atoms with Crippen molar-refractivity contribution < 1.29 is 14.0 Å². The second-order valence-corrected chi connectivity index (χ2v) is 10.7. The van der Waals surface area contributed by atoms with Crippen LogP contribution in [-0.2, 0) is 16.8 Å². The van der Waals surface area contributed by atoms with Gasteiger partial charge in [0.15, 0.2) is 5.82 Å². The average Bonchev–Trinajstić information content (AvgIpc) is 3.50. The van der Waals surface area contributed by atoms with Crippen molar-refractivity contribution in [2.24, 2.45) is 5.92 Å². The number of anilines is 1. The van der Waals surface area contributed by atoms with E-state index in [0.29, 0.717) is 22.5 Å². The van der Waals surface area contributed by atoms with Crippen LogP contribution in [0.4, 0.5) is 5.82 Å². The molecule has 0 aliphatic heterocycles. The molecule has 0 aliphatic carbocycles. The summed E-state index contributed by atoms with van der Waals surface area (Å²) in [7, 11) is 0. The summed E-state index contributed by atoms with van der Waals surface area (Å²) < 4.78 is 7.08. The maximum absolute atomic E-state index is 13.5. The van der Waals surface area contributed by atoms with Gasteiger partial charge in [0.1, 0.15) is 6.54 Å². The van der Waals surface area contributed by atoms with E-state index in [4.69, 9.17) is 10.2 Å². The molecule has 12 nitrogen and oxygen atoms in total. The monoisotopic (exact) mass is 566 g/mol. The van der Waals surface area contributed by atoms with Crippen LogP contribution in [0, 0.1) is 5.92 Å². The number of carbonyl (C=O) groups is 2. The minimum absolute atomic E-state index is 0.176. The molecule has 0 radical (unpaired) electrons. The van der Waals surface area contributed by atoms with Crippen LogP contribution in [0.15, 0.2) is 76.2 Å². The Morgan fingerprint density at radius 3 is 2.38 bits per heavy atom. The first-order valence-electron chi connectivity index (χ1n) is 13.4. The Hall–Kier alpha value is -5.26. The molecule has 3 N–H and O–H groups in total. The maximum Gasteiger partial charge on any atom is 0.294 e. The molecule has 2 aromatic carbocycles. The van der Waals surface area contributed by atoms with E-state index in [0.717, 1.165) is 5.52 Å². The molecule has 5 rings (SSSR count). The van der Waals surface area contributed by atoms with E-state index >= 15 is 0 Å². The highest BCUT2D eigenvalue weighted by atomic mass is 16.4. The van der Waals surface area contributed by atoms with Crippen LogP contribution in [-0.4, -0.2) is 47.4 Å². The summed E-state index contributed by atoms with van der Waals surface area (Å²) in [6, 6.07) is 15.5. The quantitative estimate of drug-likeness (QED) is 0.252. The van der Waals surface area contributed by atoms with E-state index in [1.165, 1.54) is 10.8 Å². The first-order valence-corrected chi connectivity index (χ1v) is 13.4. The fourth-order valence-electron chi connectivity index (χ4n) is 4.47. The number of nitrogen functional groups attached to an aromatic ring is 1. The number of fused-ring (bicyclic) bond motifs is 1. The SMILES string of the molecule is CC(C)[C@@H](NC(=O)Cn1c(-c2ccccc2)cnc(N)c1=O)C(=O)c1nnc(C(C)(C)c2cnc3ccccc3n2)o1. The van der Waals surface area contributed by atoms with Crippen molar-refractivity contribution in [3.05, 3.63) is 94.8 Å². The molecule has 0 unspecified atom stereocenters. The summed E-state index contributed by atoms with van der Waals surface area (Å²) in [5.74, 6) is -1.77. The van der Waals surface area contributed by atoms with E-state index in [2.05, 4.69) is 30.5 Å². The zero-order valence-corrected chi connectivity index (χ0v) is 23.6. The Balaban J connectivity index is 1.37. The molecule has 12 heteroatoms. The lowest BCUT2D eigenvalue weighted by atomic mass is 9.89. The summed E-state index contributed by atoms with van der Waals surface area (Å²) in [4.78, 5) is 52.7. The summed E-state index contributed by atoms with van der Waals surface area (Å²) in [5, 5.41) is 10.9. The van der Waals surface area contributed by atoms with Gasteiger partial charge in [-0.1, -0.05) is 56.3 Å². The molecule has 0 aliphatic rings. The molecule has 0 saturated heterocycles.